The molecule has 0 aromatic heterocycles. The minimum atomic E-state index is -0.500. The Hall–Kier alpha value is -0.0800. The molecule has 2 nitrogen and oxygen atoms in total. The van der Waals surface area contributed by atoms with Gasteiger partial charge < -0.3 is 10.2 Å². The second-order valence-corrected chi connectivity index (χ2v) is 15.8. The first-order valence-electron chi connectivity index (χ1n) is 16.5. The molecule has 0 heterocycles. The number of hydrogen-bond acceptors (Lipinski definition) is 2. The lowest BCUT2D eigenvalue weighted by Gasteiger charge is -2.36. The van der Waals surface area contributed by atoms with Crippen molar-refractivity contribution in [2.75, 3.05) is 0 Å². The standard InChI is InChI=1S/C10H20O.C10H20.C8H18O.C8H18.CH4/c1-7(2)10(11,8(3)4)9-5-6-9;1-7(2)10(8(3)4)9-5-6-9;1-6(2)8(5,9)7(3)4;1-6(2)8(5)7(3)4;/h7-9,11H,5-6H2,1-4H3;7-10H,5-6H2,1-4H3;6-7,9H,1-5H3;6-8H,1-5H3;1H4. The van der Waals surface area contributed by atoms with E-state index < -0.39 is 5.60 Å². The number of rotatable bonds is 10. The molecular formula is C37H80O2. The molecule has 240 valence electrons. The van der Waals surface area contributed by atoms with Gasteiger partial charge in [-0.25, -0.2) is 0 Å². The average Bonchev–Trinajstić information content (AvgIpc) is 3.66. The Morgan fingerprint density at radius 2 is 0.795 bits per heavy atom. The third-order valence-corrected chi connectivity index (χ3v) is 10.2. The molecule has 0 bridgehead atoms. The molecule has 0 spiro atoms. The van der Waals surface area contributed by atoms with E-state index in [0.29, 0.717) is 29.6 Å². The van der Waals surface area contributed by atoms with Gasteiger partial charge in [0.05, 0.1) is 11.2 Å². The van der Waals surface area contributed by atoms with Gasteiger partial charge >= 0.3 is 0 Å². The summed E-state index contributed by atoms with van der Waals surface area (Å²) >= 11 is 0. The average molecular weight is 557 g/mol. The third kappa shape index (κ3) is 15.6. The summed E-state index contributed by atoms with van der Waals surface area (Å²) in [6, 6.07) is 0. The topological polar surface area (TPSA) is 40.5 Å². The van der Waals surface area contributed by atoms with Crippen molar-refractivity contribution in [3.05, 3.63) is 0 Å². The molecule has 0 radical (unpaired) electrons. The Labute approximate surface area is 249 Å². The first-order valence-corrected chi connectivity index (χ1v) is 16.5. The van der Waals surface area contributed by atoms with Gasteiger partial charge in [-0.1, -0.05) is 125 Å². The Kier molecular flexibility index (Phi) is 21.3. The maximum atomic E-state index is 10.3. The highest BCUT2D eigenvalue weighted by Gasteiger charge is 2.47. The lowest BCUT2D eigenvalue weighted by Crippen LogP contribution is -2.42. The van der Waals surface area contributed by atoms with Crippen molar-refractivity contribution in [1.29, 1.82) is 0 Å². The predicted molar refractivity (Wildman–Crippen MR) is 179 cm³/mol. The van der Waals surface area contributed by atoms with Crippen molar-refractivity contribution in [2.45, 2.75) is 169 Å². The van der Waals surface area contributed by atoms with Crippen molar-refractivity contribution >= 4 is 0 Å². The lowest BCUT2D eigenvalue weighted by molar-refractivity contribution is -0.0664. The summed E-state index contributed by atoms with van der Waals surface area (Å²) in [6.45, 7) is 39.5. The molecule has 0 amide bonds. The highest BCUT2D eigenvalue weighted by Crippen LogP contribution is 2.47. The van der Waals surface area contributed by atoms with Crippen LogP contribution in [0.2, 0.25) is 0 Å². The molecule has 2 aliphatic rings. The Morgan fingerprint density at radius 3 is 0.846 bits per heavy atom. The maximum absolute atomic E-state index is 10.3. The molecule has 2 saturated carbocycles. The van der Waals surface area contributed by atoms with Gasteiger partial charge in [0.2, 0.25) is 0 Å². The zero-order valence-corrected chi connectivity index (χ0v) is 29.7. The smallest absolute Gasteiger partial charge is 0.0721 e. The molecule has 0 saturated heterocycles. The van der Waals surface area contributed by atoms with Crippen LogP contribution in [0.3, 0.4) is 0 Å². The van der Waals surface area contributed by atoms with Gasteiger partial charge in [-0.3, -0.25) is 0 Å². The van der Waals surface area contributed by atoms with Crippen molar-refractivity contribution < 1.29 is 10.2 Å². The molecule has 0 atom stereocenters. The van der Waals surface area contributed by atoms with Crippen LogP contribution in [-0.4, -0.2) is 21.4 Å². The van der Waals surface area contributed by atoms with Crippen LogP contribution in [0, 0.1) is 71.0 Å². The van der Waals surface area contributed by atoms with Crippen molar-refractivity contribution in [2.24, 2.45) is 71.0 Å². The van der Waals surface area contributed by atoms with E-state index in [-0.39, 0.29) is 13.0 Å². The van der Waals surface area contributed by atoms with Crippen LogP contribution < -0.4 is 0 Å². The van der Waals surface area contributed by atoms with Gasteiger partial charge in [0.15, 0.2) is 0 Å². The lowest BCUT2D eigenvalue weighted by atomic mass is 9.77. The van der Waals surface area contributed by atoms with Gasteiger partial charge in [-0.05, 0) is 104 Å². The summed E-state index contributed by atoms with van der Waals surface area (Å²) in [5, 5.41) is 20.0. The maximum Gasteiger partial charge on any atom is 0.0721 e. The first-order chi connectivity index (χ1) is 17.1. The summed E-state index contributed by atoms with van der Waals surface area (Å²) in [4.78, 5) is 0. The summed E-state index contributed by atoms with van der Waals surface area (Å²) < 4.78 is 0. The summed E-state index contributed by atoms with van der Waals surface area (Å²) in [7, 11) is 0. The van der Waals surface area contributed by atoms with E-state index in [2.05, 4.69) is 90.0 Å². The molecule has 0 aliphatic heterocycles. The third-order valence-electron chi connectivity index (χ3n) is 10.2. The minimum absolute atomic E-state index is 0. The largest absolute Gasteiger partial charge is 0.390 e. The molecule has 2 N–H and O–H groups in total. The Balaban J connectivity index is -0.000000443. The van der Waals surface area contributed by atoms with Crippen LogP contribution in [0.15, 0.2) is 0 Å². The SMILES string of the molecule is C.CC(C)C(C(C)C)C1CC1.CC(C)C(C)(O)C(C)C.CC(C)C(C)C(C)C.CC(C)C(O)(C(C)C)C1CC1. The fourth-order valence-corrected chi connectivity index (χ4v) is 5.93. The number of aliphatic hydroxyl groups is 2. The zero-order chi connectivity index (χ0) is 30.8. The Bertz CT molecular complexity index is 532. The summed E-state index contributed by atoms with van der Waals surface area (Å²) in [6.07, 6.45) is 5.46. The van der Waals surface area contributed by atoms with Crippen LogP contribution in [0.1, 0.15) is 158 Å². The van der Waals surface area contributed by atoms with E-state index in [4.69, 9.17) is 0 Å². The van der Waals surface area contributed by atoms with Crippen molar-refractivity contribution in [3.63, 3.8) is 0 Å². The molecule has 2 fully saturated rings. The molecule has 2 heteroatoms. The summed E-state index contributed by atoms with van der Waals surface area (Å²) in [5.74, 6) is 8.50. The molecule has 2 rings (SSSR count). The van der Waals surface area contributed by atoms with Crippen molar-refractivity contribution in [3.8, 4) is 0 Å². The summed E-state index contributed by atoms with van der Waals surface area (Å²) in [5.41, 5.74) is -0.889. The Morgan fingerprint density at radius 1 is 0.487 bits per heavy atom. The first kappa shape index (κ1) is 43.4. The zero-order valence-electron chi connectivity index (χ0n) is 29.7. The second-order valence-electron chi connectivity index (χ2n) is 15.8. The molecule has 39 heavy (non-hydrogen) atoms. The van der Waals surface area contributed by atoms with Gasteiger partial charge in [0, 0.05) is 0 Å². The van der Waals surface area contributed by atoms with E-state index in [0.717, 1.165) is 41.4 Å². The highest BCUT2D eigenvalue weighted by atomic mass is 16.3. The van der Waals surface area contributed by atoms with Crippen molar-refractivity contribution in [1.82, 2.24) is 0 Å². The van der Waals surface area contributed by atoms with Gasteiger partial charge in [0.25, 0.3) is 0 Å². The van der Waals surface area contributed by atoms with E-state index >= 15 is 0 Å². The monoisotopic (exact) mass is 557 g/mol. The van der Waals surface area contributed by atoms with Crippen LogP contribution in [0.25, 0.3) is 0 Å². The molecular weight excluding hydrogens is 476 g/mol. The van der Waals surface area contributed by atoms with Crippen LogP contribution in [0.5, 0.6) is 0 Å². The van der Waals surface area contributed by atoms with Crippen LogP contribution in [0.4, 0.5) is 0 Å². The normalized spacial score (nSPS) is 16.2. The van der Waals surface area contributed by atoms with E-state index in [1.165, 1.54) is 25.7 Å². The van der Waals surface area contributed by atoms with Crippen LogP contribution >= 0.6 is 0 Å². The predicted octanol–water partition coefficient (Wildman–Crippen LogP) is 11.4. The second kappa shape index (κ2) is 19.2. The minimum Gasteiger partial charge on any atom is -0.390 e. The van der Waals surface area contributed by atoms with E-state index in [1.54, 1.807) is 0 Å². The van der Waals surface area contributed by atoms with Crippen LogP contribution in [-0.2, 0) is 0 Å². The fraction of sp³-hybridized carbons (Fsp3) is 1.00. The van der Waals surface area contributed by atoms with Gasteiger partial charge in [-0.15, -0.1) is 0 Å². The van der Waals surface area contributed by atoms with Gasteiger partial charge in [-0.2, -0.15) is 0 Å². The van der Waals surface area contributed by atoms with E-state index in [9.17, 15) is 10.2 Å². The molecule has 2 aliphatic carbocycles. The van der Waals surface area contributed by atoms with Gasteiger partial charge in [0.1, 0.15) is 0 Å². The molecule has 0 aromatic carbocycles. The quantitative estimate of drug-likeness (QED) is 0.281. The fourth-order valence-electron chi connectivity index (χ4n) is 5.93. The molecule has 0 unspecified atom stereocenters. The number of hydrogen-bond donors (Lipinski definition) is 2. The highest BCUT2D eigenvalue weighted by molar-refractivity contribution is 4.98. The van der Waals surface area contributed by atoms with E-state index in [1.807, 2.05) is 34.6 Å². The molecule has 0 aromatic rings.